The molecular formula is C13H13FN4O3. The summed E-state index contributed by atoms with van der Waals surface area (Å²) < 4.78 is 19.8. The summed E-state index contributed by atoms with van der Waals surface area (Å²) >= 11 is 0. The van der Waals surface area contributed by atoms with Gasteiger partial charge in [0.1, 0.15) is 5.82 Å². The summed E-state index contributed by atoms with van der Waals surface area (Å²) in [7, 11) is 1.41. The monoisotopic (exact) mass is 292 g/mol. The number of benzene rings is 1. The van der Waals surface area contributed by atoms with E-state index >= 15 is 0 Å². The lowest BCUT2D eigenvalue weighted by molar-refractivity contribution is 0.0953. The zero-order valence-electron chi connectivity index (χ0n) is 11.2. The van der Waals surface area contributed by atoms with Gasteiger partial charge in [0, 0.05) is 23.3 Å². The number of nitrogens with two attached hydrogens (primary N) is 1. The van der Waals surface area contributed by atoms with Gasteiger partial charge in [0.15, 0.2) is 0 Å². The molecule has 110 valence electrons. The Bertz CT molecular complexity index is 730. The second-order valence-corrected chi connectivity index (χ2v) is 4.15. The van der Waals surface area contributed by atoms with E-state index in [9.17, 15) is 14.0 Å². The van der Waals surface area contributed by atoms with Crippen LogP contribution in [0.5, 0.6) is 5.88 Å². The van der Waals surface area contributed by atoms with Crippen LogP contribution in [0.1, 0.15) is 15.9 Å². The zero-order valence-corrected chi connectivity index (χ0v) is 11.2. The van der Waals surface area contributed by atoms with Crippen molar-refractivity contribution in [3.05, 3.63) is 57.6 Å². The highest BCUT2D eigenvalue weighted by Crippen LogP contribution is 2.12. The Balaban J connectivity index is 2.39. The third-order valence-corrected chi connectivity index (χ3v) is 2.81. The maximum absolute atomic E-state index is 13.8. The van der Waals surface area contributed by atoms with Crippen LogP contribution in [0.4, 0.5) is 4.39 Å². The summed E-state index contributed by atoms with van der Waals surface area (Å²) in [4.78, 5) is 23.1. The van der Waals surface area contributed by atoms with Crippen molar-refractivity contribution in [3.63, 3.8) is 0 Å². The zero-order chi connectivity index (χ0) is 15.4. The first kappa shape index (κ1) is 14.7. The summed E-state index contributed by atoms with van der Waals surface area (Å²) in [5, 5.41) is 3.91. The lowest BCUT2D eigenvalue weighted by atomic mass is 10.1. The van der Waals surface area contributed by atoms with E-state index in [0.717, 1.165) is 10.7 Å². The molecule has 1 aromatic heterocycles. The van der Waals surface area contributed by atoms with Crippen molar-refractivity contribution < 1.29 is 13.9 Å². The van der Waals surface area contributed by atoms with Gasteiger partial charge in [-0.3, -0.25) is 15.0 Å². The van der Waals surface area contributed by atoms with Crippen molar-refractivity contribution in [2.75, 3.05) is 7.11 Å². The summed E-state index contributed by atoms with van der Waals surface area (Å²) in [6.45, 7) is -0.131. The number of hydrogen-bond acceptors (Lipinski definition) is 5. The third-order valence-electron chi connectivity index (χ3n) is 2.81. The summed E-state index contributed by atoms with van der Waals surface area (Å²) in [6.07, 6.45) is 0. The van der Waals surface area contributed by atoms with E-state index in [4.69, 9.17) is 10.6 Å². The smallest absolute Gasteiger partial charge is 0.267 e. The molecule has 0 fully saturated rings. The summed E-state index contributed by atoms with van der Waals surface area (Å²) in [5.74, 6) is 4.15. The number of nitrogen functional groups attached to an aromatic ring is 1. The SMILES string of the molecule is COc1ccc(=O)n(Cc2cc(C(=O)NN)ccc2F)n1. The van der Waals surface area contributed by atoms with Gasteiger partial charge in [-0.05, 0) is 18.2 Å². The number of nitrogens with zero attached hydrogens (tertiary/aromatic N) is 2. The highest BCUT2D eigenvalue weighted by atomic mass is 19.1. The Kier molecular flexibility index (Phi) is 4.29. The van der Waals surface area contributed by atoms with Crippen LogP contribution in [0.25, 0.3) is 0 Å². The van der Waals surface area contributed by atoms with E-state index in [0.29, 0.717) is 0 Å². The lowest BCUT2D eigenvalue weighted by Crippen LogP contribution is -2.30. The fraction of sp³-hybridized carbons (Fsp3) is 0.154. The van der Waals surface area contributed by atoms with Crippen LogP contribution in [-0.4, -0.2) is 22.8 Å². The predicted octanol–water partition coefficient (Wildman–Crippen LogP) is 0.0428. The Hall–Kier alpha value is -2.74. The van der Waals surface area contributed by atoms with E-state index in [1.807, 2.05) is 5.43 Å². The molecule has 1 amide bonds. The van der Waals surface area contributed by atoms with Gasteiger partial charge in [-0.25, -0.2) is 14.9 Å². The number of carbonyl (C=O) groups excluding carboxylic acids is 1. The van der Waals surface area contributed by atoms with Crippen molar-refractivity contribution in [1.82, 2.24) is 15.2 Å². The molecule has 0 unspecified atom stereocenters. The van der Waals surface area contributed by atoms with E-state index < -0.39 is 17.3 Å². The van der Waals surface area contributed by atoms with Crippen molar-refractivity contribution in [3.8, 4) is 5.88 Å². The first-order chi connectivity index (χ1) is 10.0. The van der Waals surface area contributed by atoms with Crippen molar-refractivity contribution in [1.29, 1.82) is 0 Å². The molecule has 0 radical (unpaired) electrons. The lowest BCUT2D eigenvalue weighted by Gasteiger charge is -2.08. The normalized spacial score (nSPS) is 10.2. The number of rotatable bonds is 4. The number of nitrogens with one attached hydrogen (secondary N) is 1. The fourth-order valence-corrected chi connectivity index (χ4v) is 1.73. The van der Waals surface area contributed by atoms with Gasteiger partial charge in [-0.1, -0.05) is 0 Å². The Morgan fingerprint density at radius 3 is 2.86 bits per heavy atom. The molecule has 21 heavy (non-hydrogen) atoms. The van der Waals surface area contributed by atoms with Crippen LogP contribution >= 0.6 is 0 Å². The number of ether oxygens (including phenoxy) is 1. The molecule has 2 rings (SSSR count). The summed E-state index contributed by atoms with van der Waals surface area (Å²) in [5.41, 5.74) is 1.87. The maximum atomic E-state index is 13.8. The molecule has 8 heteroatoms. The van der Waals surface area contributed by atoms with Gasteiger partial charge in [0.2, 0.25) is 5.88 Å². The molecule has 0 spiro atoms. The highest BCUT2D eigenvalue weighted by Gasteiger charge is 2.11. The number of halogens is 1. The van der Waals surface area contributed by atoms with Gasteiger partial charge in [-0.15, -0.1) is 5.10 Å². The van der Waals surface area contributed by atoms with Gasteiger partial charge in [0.25, 0.3) is 11.5 Å². The number of aromatic nitrogens is 2. The number of hydrazine groups is 1. The molecule has 0 atom stereocenters. The molecular weight excluding hydrogens is 279 g/mol. The first-order valence-corrected chi connectivity index (χ1v) is 5.96. The van der Waals surface area contributed by atoms with Crippen LogP contribution < -0.4 is 21.6 Å². The molecule has 0 aliphatic carbocycles. The van der Waals surface area contributed by atoms with E-state index in [1.54, 1.807) is 0 Å². The van der Waals surface area contributed by atoms with E-state index in [-0.39, 0.29) is 23.6 Å². The van der Waals surface area contributed by atoms with Crippen molar-refractivity contribution >= 4 is 5.91 Å². The molecule has 2 aromatic rings. The standard InChI is InChI=1S/C13H13FN4O3/c1-21-11-4-5-12(19)18(17-11)7-9-6-8(13(20)16-15)2-3-10(9)14/h2-6H,7,15H2,1H3,(H,16,20). The molecule has 1 heterocycles. The molecule has 0 aliphatic rings. The minimum Gasteiger partial charge on any atom is -0.480 e. The molecule has 1 aromatic carbocycles. The van der Waals surface area contributed by atoms with Crippen LogP contribution in [0, 0.1) is 5.82 Å². The summed E-state index contributed by atoms with van der Waals surface area (Å²) in [6, 6.07) is 6.41. The Labute approximate surface area is 119 Å². The van der Waals surface area contributed by atoms with Gasteiger partial charge in [0.05, 0.1) is 13.7 Å². The second kappa shape index (κ2) is 6.14. The quantitative estimate of drug-likeness (QED) is 0.471. The number of methoxy groups -OCH3 is 1. The van der Waals surface area contributed by atoms with Gasteiger partial charge in [-0.2, -0.15) is 0 Å². The Morgan fingerprint density at radius 1 is 1.43 bits per heavy atom. The van der Waals surface area contributed by atoms with Crippen LogP contribution in [0.15, 0.2) is 35.1 Å². The Morgan fingerprint density at radius 2 is 2.19 bits per heavy atom. The topological polar surface area (TPSA) is 99.2 Å². The van der Waals surface area contributed by atoms with Crippen LogP contribution in [0.3, 0.4) is 0 Å². The van der Waals surface area contributed by atoms with E-state index in [1.165, 1.54) is 31.4 Å². The fourth-order valence-electron chi connectivity index (χ4n) is 1.73. The molecule has 0 saturated carbocycles. The van der Waals surface area contributed by atoms with E-state index in [2.05, 4.69) is 5.10 Å². The number of carbonyl (C=O) groups is 1. The third kappa shape index (κ3) is 3.23. The van der Waals surface area contributed by atoms with Crippen molar-refractivity contribution in [2.45, 2.75) is 6.54 Å². The number of amides is 1. The van der Waals surface area contributed by atoms with Gasteiger partial charge >= 0.3 is 0 Å². The highest BCUT2D eigenvalue weighted by molar-refractivity contribution is 5.93. The molecule has 3 N–H and O–H groups in total. The number of hydrogen-bond donors (Lipinski definition) is 2. The second-order valence-electron chi connectivity index (χ2n) is 4.15. The first-order valence-electron chi connectivity index (χ1n) is 5.96. The average molecular weight is 292 g/mol. The molecule has 0 saturated heterocycles. The van der Waals surface area contributed by atoms with Crippen LogP contribution in [0.2, 0.25) is 0 Å². The molecule has 7 nitrogen and oxygen atoms in total. The largest absolute Gasteiger partial charge is 0.480 e. The molecule has 0 bridgehead atoms. The van der Waals surface area contributed by atoms with Crippen molar-refractivity contribution in [2.24, 2.45) is 5.84 Å². The van der Waals surface area contributed by atoms with Gasteiger partial charge < -0.3 is 4.74 Å². The predicted molar refractivity (Wildman–Crippen MR) is 72.2 cm³/mol. The molecule has 0 aliphatic heterocycles. The maximum Gasteiger partial charge on any atom is 0.267 e. The minimum atomic E-state index is -0.555. The minimum absolute atomic E-state index is 0.131. The average Bonchev–Trinajstić information content (AvgIpc) is 2.50. The van der Waals surface area contributed by atoms with Crippen LogP contribution in [-0.2, 0) is 6.54 Å².